The highest BCUT2D eigenvalue weighted by atomic mass is 16.5. The number of ether oxygens (including phenoxy) is 2. The van der Waals surface area contributed by atoms with Crippen LogP contribution in [-0.2, 0) is 33.4 Å². The quantitative estimate of drug-likeness (QED) is 0.390. The lowest BCUT2D eigenvalue weighted by Gasteiger charge is -2.37. The Morgan fingerprint density at radius 3 is 2.17 bits per heavy atom. The molecule has 0 heterocycles. The first-order valence-electron chi connectivity index (χ1n) is 7.89. The van der Waals surface area contributed by atoms with Crippen molar-refractivity contribution in [2.24, 2.45) is 17.3 Å². The number of esters is 2. The van der Waals surface area contributed by atoms with E-state index in [-0.39, 0.29) is 25.2 Å². The molecule has 1 rings (SSSR count). The Labute approximate surface area is 141 Å². The van der Waals surface area contributed by atoms with Crippen LogP contribution in [0.5, 0.6) is 0 Å². The summed E-state index contributed by atoms with van der Waals surface area (Å²) in [6, 6.07) is 0. The third-order valence-electron chi connectivity index (χ3n) is 4.34. The molecule has 0 unspecified atom stereocenters. The molecule has 0 saturated heterocycles. The summed E-state index contributed by atoms with van der Waals surface area (Å²) in [6.45, 7) is 3.28. The van der Waals surface area contributed by atoms with Gasteiger partial charge in [-0.3, -0.25) is 24.0 Å². The maximum atomic E-state index is 12.6. The molecule has 1 fully saturated rings. The van der Waals surface area contributed by atoms with Crippen LogP contribution in [0.25, 0.3) is 0 Å². The Bertz CT molecular complexity index is 547. The van der Waals surface area contributed by atoms with Crippen LogP contribution in [0.15, 0.2) is 0 Å². The van der Waals surface area contributed by atoms with Gasteiger partial charge in [-0.05, 0) is 18.3 Å². The zero-order chi connectivity index (χ0) is 18.5. The molecule has 0 spiro atoms. The molecule has 1 saturated carbocycles. The molecule has 1 aliphatic rings. The summed E-state index contributed by atoms with van der Waals surface area (Å²) >= 11 is 0. The lowest BCUT2D eigenvalue weighted by Crippen LogP contribution is -2.51. The number of methoxy groups -OCH3 is 2. The van der Waals surface area contributed by atoms with E-state index in [2.05, 4.69) is 9.47 Å². The van der Waals surface area contributed by atoms with Crippen LogP contribution in [0.1, 0.15) is 46.0 Å². The van der Waals surface area contributed by atoms with Crippen LogP contribution < -0.4 is 0 Å². The second-order valence-corrected chi connectivity index (χ2v) is 6.67. The molecular weight excluding hydrogens is 316 g/mol. The number of Topliss-reactive ketones (excluding diaryl/α,β-unsaturated/α-hetero) is 3. The number of rotatable bonds is 7. The SMILES string of the molecule is COC(=O)CCCCC(=O)[C@H]1C(=O)CC(C)(C)[C@H](C(=O)OC)C1=O. The van der Waals surface area contributed by atoms with Crippen molar-refractivity contribution in [1.29, 1.82) is 0 Å². The Morgan fingerprint density at radius 1 is 1.04 bits per heavy atom. The van der Waals surface area contributed by atoms with Crippen molar-refractivity contribution in [2.75, 3.05) is 14.2 Å². The number of unbranched alkanes of at least 4 members (excludes halogenated alkanes) is 1. The highest BCUT2D eigenvalue weighted by Gasteiger charge is 2.53. The largest absolute Gasteiger partial charge is 0.469 e. The van der Waals surface area contributed by atoms with E-state index >= 15 is 0 Å². The zero-order valence-corrected chi connectivity index (χ0v) is 14.5. The molecule has 1 aliphatic carbocycles. The van der Waals surface area contributed by atoms with Crippen molar-refractivity contribution < 1.29 is 33.4 Å². The minimum atomic E-state index is -1.40. The van der Waals surface area contributed by atoms with Crippen molar-refractivity contribution in [3.05, 3.63) is 0 Å². The van der Waals surface area contributed by atoms with E-state index in [4.69, 9.17) is 0 Å². The van der Waals surface area contributed by atoms with Crippen LogP contribution in [0.2, 0.25) is 0 Å². The minimum absolute atomic E-state index is 0.00740. The summed E-state index contributed by atoms with van der Waals surface area (Å²) in [5.41, 5.74) is -0.872. The number of hydrogen-bond acceptors (Lipinski definition) is 7. The number of carbonyl (C=O) groups is 5. The van der Waals surface area contributed by atoms with Crippen molar-refractivity contribution in [3.8, 4) is 0 Å². The van der Waals surface area contributed by atoms with Crippen molar-refractivity contribution in [2.45, 2.75) is 46.0 Å². The van der Waals surface area contributed by atoms with E-state index in [0.717, 1.165) is 0 Å². The Balaban J connectivity index is 2.77. The van der Waals surface area contributed by atoms with Gasteiger partial charge in [-0.1, -0.05) is 13.8 Å². The van der Waals surface area contributed by atoms with Gasteiger partial charge in [-0.25, -0.2) is 0 Å². The second kappa shape index (κ2) is 8.17. The standard InChI is InChI=1S/C17H24O7/c1-17(2)9-11(19)13(15(21)14(17)16(22)24-4)10(18)7-5-6-8-12(20)23-3/h13-14H,5-9H2,1-4H3/t13-,14-/m0/s1. The third kappa shape index (κ3) is 4.49. The molecule has 7 heteroatoms. The van der Waals surface area contributed by atoms with Gasteiger partial charge in [0.2, 0.25) is 0 Å². The molecule has 0 N–H and O–H groups in total. The lowest BCUT2D eigenvalue weighted by atomic mass is 9.63. The molecular formula is C17H24O7. The smallest absolute Gasteiger partial charge is 0.316 e. The summed E-state index contributed by atoms with van der Waals surface area (Å²) in [7, 11) is 2.45. The van der Waals surface area contributed by atoms with E-state index < -0.39 is 40.6 Å². The third-order valence-corrected chi connectivity index (χ3v) is 4.34. The summed E-state index contributed by atoms with van der Waals surface area (Å²) in [5, 5.41) is 0. The van der Waals surface area contributed by atoms with Gasteiger partial charge in [-0.2, -0.15) is 0 Å². The molecule has 0 amide bonds. The zero-order valence-electron chi connectivity index (χ0n) is 14.5. The maximum Gasteiger partial charge on any atom is 0.316 e. The molecule has 0 aromatic carbocycles. The molecule has 7 nitrogen and oxygen atoms in total. The molecule has 2 atom stereocenters. The predicted octanol–water partition coefficient (Wildman–Crippen LogP) is 1.26. The fourth-order valence-electron chi connectivity index (χ4n) is 3.07. The monoisotopic (exact) mass is 340 g/mol. The van der Waals surface area contributed by atoms with Gasteiger partial charge in [0.1, 0.15) is 11.8 Å². The highest BCUT2D eigenvalue weighted by molar-refractivity contribution is 6.25. The van der Waals surface area contributed by atoms with Gasteiger partial charge >= 0.3 is 11.9 Å². The van der Waals surface area contributed by atoms with Crippen LogP contribution in [-0.4, -0.2) is 43.5 Å². The molecule has 134 valence electrons. The van der Waals surface area contributed by atoms with Crippen molar-refractivity contribution in [3.63, 3.8) is 0 Å². The second-order valence-electron chi connectivity index (χ2n) is 6.67. The van der Waals surface area contributed by atoms with Gasteiger partial charge in [-0.15, -0.1) is 0 Å². The van der Waals surface area contributed by atoms with Crippen LogP contribution in [0, 0.1) is 17.3 Å². The topological polar surface area (TPSA) is 104 Å². The van der Waals surface area contributed by atoms with Crippen LogP contribution >= 0.6 is 0 Å². The Kier molecular flexibility index (Phi) is 6.81. The molecule has 0 radical (unpaired) electrons. The molecule has 0 bridgehead atoms. The fraction of sp³-hybridized carbons (Fsp3) is 0.706. The minimum Gasteiger partial charge on any atom is -0.469 e. The summed E-state index contributed by atoms with van der Waals surface area (Å²) in [5.74, 6) is -5.26. The summed E-state index contributed by atoms with van der Waals surface area (Å²) in [6.07, 6.45) is 0.954. The van der Waals surface area contributed by atoms with Gasteiger partial charge in [0, 0.05) is 19.3 Å². The van der Waals surface area contributed by atoms with E-state index in [1.54, 1.807) is 13.8 Å². The number of carbonyl (C=O) groups excluding carboxylic acids is 5. The van der Waals surface area contributed by atoms with E-state index in [9.17, 15) is 24.0 Å². The molecule has 24 heavy (non-hydrogen) atoms. The van der Waals surface area contributed by atoms with Crippen LogP contribution in [0.4, 0.5) is 0 Å². The van der Waals surface area contributed by atoms with Crippen molar-refractivity contribution in [1.82, 2.24) is 0 Å². The van der Waals surface area contributed by atoms with Gasteiger partial charge in [0.05, 0.1) is 14.2 Å². The van der Waals surface area contributed by atoms with E-state index in [1.165, 1.54) is 14.2 Å². The Morgan fingerprint density at radius 2 is 1.62 bits per heavy atom. The average molecular weight is 340 g/mol. The normalized spacial score (nSPS) is 22.8. The van der Waals surface area contributed by atoms with Crippen molar-refractivity contribution >= 4 is 29.3 Å². The first-order chi connectivity index (χ1) is 11.2. The number of hydrogen-bond donors (Lipinski definition) is 0. The summed E-state index contributed by atoms with van der Waals surface area (Å²) in [4.78, 5) is 60.0. The molecule has 0 aliphatic heterocycles. The van der Waals surface area contributed by atoms with E-state index in [1.807, 2.05) is 0 Å². The van der Waals surface area contributed by atoms with Gasteiger partial charge in [0.15, 0.2) is 17.3 Å². The maximum absolute atomic E-state index is 12.6. The summed E-state index contributed by atoms with van der Waals surface area (Å²) < 4.78 is 9.16. The fourth-order valence-corrected chi connectivity index (χ4v) is 3.07. The van der Waals surface area contributed by atoms with Crippen LogP contribution in [0.3, 0.4) is 0 Å². The predicted molar refractivity (Wildman–Crippen MR) is 82.9 cm³/mol. The first kappa shape index (κ1) is 20.0. The molecule has 0 aromatic heterocycles. The van der Waals surface area contributed by atoms with E-state index in [0.29, 0.717) is 12.8 Å². The van der Waals surface area contributed by atoms with Gasteiger partial charge < -0.3 is 9.47 Å². The highest BCUT2D eigenvalue weighted by Crippen LogP contribution is 2.40. The average Bonchev–Trinajstić information content (AvgIpc) is 2.49. The molecule has 0 aromatic rings. The first-order valence-corrected chi connectivity index (χ1v) is 7.89. The van der Waals surface area contributed by atoms with Gasteiger partial charge in [0.25, 0.3) is 0 Å². The number of ketones is 3. The lowest BCUT2D eigenvalue weighted by molar-refractivity contribution is -0.161. The Hall–Kier alpha value is -2.05.